The van der Waals surface area contributed by atoms with Gasteiger partial charge in [-0.25, -0.2) is 4.98 Å². The van der Waals surface area contributed by atoms with Gasteiger partial charge in [0.1, 0.15) is 5.82 Å². The summed E-state index contributed by atoms with van der Waals surface area (Å²) in [5.41, 5.74) is -0.0607. The molecule has 0 bridgehead atoms. The molecule has 0 saturated carbocycles. The van der Waals surface area contributed by atoms with Gasteiger partial charge in [-0.1, -0.05) is 0 Å². The lowest BCUT2D eigenvalue weighted by molar-refractivity contribution is -0.118. The molecule has 1 aromatic heterocycles. The number of hydrogen-bond donors (Lipinski definition) is 1. The summed E-state index contributed by atoms with van der Waals surface area (Å²) in [5.74, 6) is 1.55. The van der Waals surface area contributed by atoms with Gasteiger partial charge >= 0.3 is 0 Å². The molecule has 1 amide bonds. The first kappa shape index (κ1) is 13.6. The standard InChI is InChI=1S/C13H21N5O/c1-13(2,3)16-12-14-5-4-11(15-12)18-8-6-17(10-19)7-9-18/h4-5,10H,6-9H2,1-3H3,(H,14,15,16). The molecule has 1 aliphatic rings. The third-order valence-electron chi connectivity index (χ3n) is 2.92. The van der Waals surface area contributed by atoms with Crippen LogP contribution in [0.2, 0.25) is 0 Å². The molecular formula is C13H21N5O. The van der Waals surface area contributed by atoms with Crippen molar-refractivity contribution in [1.29, 1.82) is 0 Å². The number of rotatable bonds is 3. The lowest BCUT2D eigenvalue weighted by atomic mass is 10.1. The molecule has 1 fully saturated rings. The Morgan fingerprint density at radius 2 is 1.95 bits per heavy atom. The Morgan fingerprint density at radius 1 is 1.26 bits per heavy atom. The maximum atomic E-state index is 10.7. The number of aromatic nitrogens is 2. The fraction of sp³-hybridized carbons (Fsp3) is 0.615. The number of hydrogen-bond acceptors (Lipinski definition) is 5. The first-order chi connectivity index (χ1) is 8.98. The minimum Gasteiger partial charge on any atom is -0.353 e. The van der Waals surface area contributed by atoms with Crippen molar-refractivity contribution in [3.05, 3.63) is 12.3 Å². The first-order valence-electron chi connectivity index (χ1n) is 6.53. The Bertz CT molecular complexity index is 435. The number of carbonyl (C=O) groups excluding carboxylic acids is 1. The van der Waals surface area contributed by atoms with Crippen LogP contribution in [0.1, 0.15) is 20.8 Å². The van der Waals surface area contributed by atoms with Gasteiger partial charge in [-0.2, -0.15) is 4.98 Å². The molecule has 1 N–H and O–H groups in total. The number of anilines is 2. The highest BCUT2D eigenvalue weighted by molar-refractivity contribution is 5.49. The Hall–Kier alpha value is -1.85. The van der Waals surface area contributed by atoms with Gasteiger partial charge in [0.2, 0.25) is 12.4 Å². The van der Waals surface area contributed by atoms with E-state index in [1.54, 1.807) is 11.1 Å². The molecule has 0 radical (unpaired) electrons. The minimum absolute atomic E-state index is 0.0607. The van der Waals surface area contributed by atoms with E-state index >= 15 is 0 Å². The molecule has 2 heterocycles. The average Bonchev–Trinajstić information content (AvgIpc) is 2.37. The Labute approximate surface area is 113 Å². The van der Waals surface area contributed by atoms with E-state index in [2.05, 4.69) is 41.0 Å². The highest BCUT2D eigenvalue weighted by Crippen LogP contribution is 2.16. The Morgan fingerprint density at radius 3 is 2.53 bits per heavy atom. The van der Waals surface area contributed by atoms with Crippen LogP contribution in [0.3, 0.4) is 0 Å². The van der Waals surface area contributed by atoms with E-state index in [0.29, 0.717) is 5.95 Å². The molecule has 0 atom stereocenters. The molecule has 0 aliphatic carbocycles. The quantitative estimate of drug-likeness (QED) is 0.823. The van der Waals surface area contributed by atoms with Crippen LogP contribution in [0, 0.1) is 0 Å². The van der Waals surface area contributed by atoms with Gasteiger partial charge in [-0.05, 0) is 26.8 Å². The summed E-state index contributed by atoms with van der Waals surface area (Å²) >= 11 is 0. The van der Waals surface area contributed by atoms with E-state index in [-0.39, 0.29) is 5.54 Å². The predicted octanol–water partition coefficient (Wildman–Crippen LogP) is 0.965. The van der Waals surface area contributed by atoms with Gasteiger partial charge in [0.25, 0.3) is 0 Å². The van der Waals surface area contributed by atoms with Crippen LogP contribution < -0.4 is 10.2 Å². The zero-order valence-corrected chi connectivity index (χ0v) is 11.8. The van der Waals surface area contributed by atoms with E-state index in [0.717, 1.165) is 38.4 Å². The van der Waals surface area contributed by atoms with Crippen molar-refractivity contribution in [2.45, 2.75) is 26.3 Å². The van der Waals surface area contributed by atoms with E-state index in [9.17, 15) is 4.79 Å². The molecule has 19 heavy (non-hydrogen) atoms. The second-order valence-corrected chi connectivity index (χ2v) is 5.74. The summed E-state index contributed by atoms with van der Waals surface area (Å²) in [7, 11) is 0. The van der Waals surface area contributed by atoms with E-state index in [4.69, 9.17) is 0 Å². The van der Waals surface area contributed by atoms with Crippen LogP contribution in [-0.4, -0.2) is 53.0 Å². The van der Waals surface area contributed by atoms with Crippen LogP contribution in [0.5, 0.6) is 0 Å². The average molecular weight is 263 g/mol. The second kappa shape index (κ2) is 5.42. The smallest absolute Gasteiger partial charge is 0.225 e. The van der Waals surface area contributed by atoms with Crippen molar-refractivity contribution in [2.24, 2.45) is 0 Å². The van der Waals surface area contributed by atoms with Crippen LogP contribution in [-0.2, 0) is 4.79 Å². The molecule has 1 saturated heterocycles. The first-order valence-corrected chi connectivity index (χ1v) is 6.53. The molecule has 104 valence electrons. The number of carbonyl (C=O) groups is 1. The summed E-state index contributed by atoms with van der Waals surface area (Å²) in [6, 6.07) is 1.91. The van der Waals surface area contributed by atoms with Crippen molar-refractivity contribution in [2.75, 3.05) is 36.4 Å². The Balaban J connectivity index is 2.05. The summed E-state index contributed by atoms with van der Waals surface area (Å²) in [6.07, 6.45) is 2.67. The number of piperazine rings is 1. The predicted molar refractivity (Wildman–Crippen MR) is 75.3 cm³/mol. The van der Waals surface area contributed by atoms with Gasteiger partial charge in [-0.15, -0.1) is 0 Å². The Kier molecular flexibility index (Phi) is 3.87. The van der Waals surface area contributed by atoms with Crippen molar-refractivity contribution < 1.29 is 4.79 Å². The molecule has 1 aliphatic heterocycles. The molecular weight excluding hydrogens is 242 g/mol. The van der Waals surface area contributed by atoms with Crippen LogP contribution in [0.15, 0.2) is 12.3 Å². The third-order valence-corrected chi connectivity index (χ3v) is 2.92. The number of nitrogens with zero attached hydrogens (tertiary/aromatic N) is 4. The SMILES string of the molecule is CC(C)(C)Nc1nccc(N2CCN(C=O)CC2)n1. The van der Waals surface area contributed by atoms with E-state index in [1.807, 2.05) is 6.07 Å². The second-order valence-electron chi connectivity index (χ2n) is 5.74. The molecule has 1 aromatic rings. The lowest BCUT2D eigenvalue weighted by Gasteiger charge is -2.33. The molecule has 0 unspecified atom stereocenters. The summed E-state index contributed by atoms with van der Waals surface area (Å²) < 4.78 is 0. The zero-order chi connectivity index (χ0) is 13.9. The molecule has 2 rings (SSSR count). The normalized spacial score (nSPS) is 16.4. The van der Waals surface area contributed by atoms with Gasteiger partial charge in [0.05, 0.1) is 0 Å². The van der Waals surface area contributed by atoms with Crippen molar-refractivity contribution >= 4 is 18.2 Å². The highest BCUT2D eigenvalue weighted by Gasteiger charge is 2.18. The van der Waals surface area contributed by atoms with Gasteiger partial charge < -0.3 is 15.1 Å². The minimum atomic E-state index is -0.0607. The number of amides is 1. The molecule has 0 aromatic carbocycles. The number of nitrogens with one attached hydrogen (secondary N) is 1. The largest absolute Gasteiger partial charge is 0.353 e. The van der Waals surface area contributed by atoms with Crippen molar-refractivity contribution in [1.82, 2.24) is 14.9 Å². The summed E-state index contributed by atoms with van der Waals surface area (Å²) in [4.78, 5) is 23.4. The van der Waals surface area contributed by atoms with Crippen molar-refractivity contribution in [3.63, 3.8) is 0 Å². The topological polar surface area (TPSA) is 61.4 Å². The van der Waals surface area contributed by atoms with E-state index in [1.165, 1.54) is 0 Å². The zero-order valence-electron chi connectivity index (χ0n) is 11.8. The maximum absolute atomic E-state index is 10.7. The third kappa shape index (κ3) is 3.81. The van der Waals surface area contributed by atoms with Gasteiger partial charge in [0.15, 0.2) is 0 Å². The molecule has 6 nitrogen and oxygen atoms in total. The summed E-state index contributed by atoms with van der Waals surface area (Å²) in [5, 5.41) is 3.27. The fourth-order valence-corrected chi connectivity index (χ4v) is 1.98. The molecule has 6 heteroatoms. The maximum Gasteiger partial charge on any atom is 0.225 e. The van der Waals surface area contributed by atoms with E-state index < -0.39 is 0 Å². The van der Waals surface area contributed by atoms with Gasteiger partial charge in [0, 0.05) is 37.9 Å². The van der Waals surface area contributed by atoms with Gasteiger partial charge in [-0.3, -0.25) is 4.79 Å². The fourth-order valence-electron chi connectivity index (χ4n) is 1.98. The monoisotopic (exact) mass is 263 g/mol. The van der Waals surface area contributed by atoms with Crippen molar-refractivity contribution in [3.8, 4) is 0 Å². The lowest BCUT2D eigenvalue weighted by Crippen LogP contribution is -2.46. The van der Waals surface area contributed by atoms with Crippen LogP contribution in [0.25, 0.3) is 0 Å². The molecule has 0 spiro atoms. The highest BCUT2D eigenvalue weighted by atomic mass is 16.1. The van der Waals surface area contributed by atoms with Crippen LogP contribution in [0.4, 0.5) is 11.8 Å². The van der Waals surface area contributed by atoms with Crippen LogP contribution >= 0.6 is 0 Å². The summed E-state index contributed by atoms with van der Waals surface area (Å²) in [6.45, 7) is 9.34.